The third-order valence-corrected chi connectivity index (χ3v) is 5.97. The average Bonchev–Trinajstić information content (AvgIpc) is 3.22. The number of nitrogens with zero attached hydrogens (tertiary/aromatic N) is 2. The maximum absolute atomic E-state index is 12.4. The second kappa shape index (κ2) is 9.14. The van der Waals surface area contributed by atoms with Gasteiger partial charge in [-0.2, -0.15) is 5.26 Å². The van der Waals surface area contributed by atoms with E-state index in [4.69, 9.17) is 10.00 Å². The maximum Gasteiger partial charge on any atom is 0.419 e. The van der Waals surface area contributed by atoms with Crippen LogP contribution in [0.1, 0.15) is 61.8 Å². The number of piperidine rings is 1. The number of carbonyl (C=O) groups is 1. The molecule has 0 bridgehead atoms. The van der Waals surface area contributed by atoms with Crippen molar-refractivity contribution >= 4 is 17.4 Å². The second-order valence-corrected chi connectivity index (χ2v) is 8.17. The van der Waals surface area contributed by atoms with Gasteiger partial charge in [0.25, 0.3) is 0 Å². The molecule has 7 nitrogen and oxygen atoms in total. The Kier molecular flexibility index (Phi) is 6.15. The van der Waals surface area contributed by atoms with Gasteiger partial charge in [0.15, 0.2) is 0 Å². The highest BCUT2D eigenvalue weighted by molar-refractivity contribution is 5.91. The number of anilines is 1. The van der Waals surface area contributed by atoms with Crippen LogP contribution in [0.15, 0.2) is 30.5 Å². The van der Waals surface area contributed by atoms with Crippen LogP contribution in [-0.4, -0.2) is 29.2 Å². The zero-order valence-electron chi connectivity index (χ0n) is 17.2. The molecule has 30 heavy (non-hydrogen) atoms. The molecule has 1 atom stereocenters. The number of aromatic nitrogens is 2. The highest BCUT2D eigenvalue weighted by atomic mass is 16.6. The van der Waals surface area contributed by atoms with Crippen molar-refractivity contribution in [1.82, 2.24) is 15.3 Å². The number of imidazole rings is 1. The van der Waals surface area contributed by atoms with E-state index < -0.39 is 6.09 Å². The number of carbonyl (C=O) groups excluding carboxylic acids is 1. The number of aromatic amines is 1. The van der Waals surface area contributed by atoms with Crippen LogP contribution in [0.5, 0.6) is 6.01 Å². The summed E-state index contributed by atoms with van der Waals surface area (Å²) < 4.78 is 5.21. The highest BCUT2D eigenvalue weighted by Gasteiger charge is 2.21. The lowest BCUT2D eigenvalue weighted by Crippen LogP contribution is -2.26. The van der Waals surface area contributed by atoms with E-state index >= 15 is 0 Å². The van der Waals surface area contributed by atoms with E-state index in [1.165, 1.54) is 17.3 Å². The van der Waals surface area contributed by atoms with Crippen LogP contribution < -0.4 is 15.4 Å². The Morgan fingerprint density at radius 1 is 1.30 bits per heavy atom. The molecule has 1 unspecified atom stereocenters. The normalized spacial score (nSPS) is 19.6. The van der Waals surface area contributed by atoms with E-state index in [9.17, 15) is 4.79 Å². The number of hydrogen-bond acceptors (Lipinski definition) is 5. The molecule has 2 aromatic rings. The summed E-state index contributed by atoms with van der Waals surface area (Å²) in [6.07, 6.45) is 8.47. The first kappa shape index (κ1) is 20.2. The predicted octanol–water partition coefficient (Wildman–Crippen LogP) is 4.56. The SMILES string of the molecule is CC1CC=C(c2cc(C3CCNCC3)ccc2NC(=O)Oc2ncc(C#N)[nH]2)CC1. The zero-order chi connectivity index (χ0) is 20.9. The second-order valence-electron chi connectivity index (χ2n) is 8.17. The fraction of sp³-hybridized carbons (Fsp3) is 0.435. The Hall–Kier alpha value is -3.11. The molecular formula is C23H27N5O2. The number of nitriles is 1. The molecular weight excluding hydrogens is 378 g/mol. The van der Waals surface area contributed by atoms with Gasteiger partial charge in [-0.25, -0.2) is 9.78 Å². The highest BCUT2D eigenvalue weighted by Crippen LogP contribution is 2.37. The van der Waals surface area contributed by atoms with Crippen LogP contribution in [0.2, 0.25) is 0 Å². The first-order chi connectivity index (χ1) is 14.6. The number of amides is 1. The van der Waals surface area contributed by atoms with Crippen LogP contribution in [-0.2, 0) is 0 Å². The lowest BCUT2D eigenvalue weighted by molar-refractivity contribution is 0.211. The molecule has 0 radical (unpaired) electrons. The fourth-order valence-corrected chi connectivity index (χ4v) is 4.19. The van der Waals surface area contributed by atoms with Crippen molar-refractivity contribution in [3.63, 3.8) is 0 Å². The summed E-state index contributed by atoms with van der Waals surface area (Å²) in [6, 6.07) is 8.26. The van der Waals surface area contributed by atoms with Crippen molar-refractivity contribution in [3.05, 3.63) is 47.3 Å². The van der Waals surface area contributed by atoms with Gasteiger partial charge in [-0.15, -0.1) is 0 Å². The van der Waals surface area contributed by atoms with Crippen molar-refractivity contribution in [2.24, 2.45) is 5.92 Å². The summed E-state index contributed by atoms with van der Waals surface area (Å²) in [5.74, 6) is 1.23. The standard InChI is InChI=1S/C23H27N5O2/c1-15-2-4-17(5-3-15)20-12-18(16-8-10-25-11-9-16)6-7-21(20)28-23(29)30-22-26-14-19(13-24)27-22/h4,6-7,12,14-16,25H,2-3,5,8-11H2,1H3,(H,26,27)(H,28,29). The number of hydrogen-bond donors (Lipinski definition) is 3. The van der Waals surface area contributed by atoms with Crippen molar-refractivity contribution < 1.29 is 9.53 Å². The van der Waals surface area contributed by atoms with Gasteiger partial charge in [-0.1, -0.05) is 19.1 Å². The van der Waals surface area contributed by atoms with Gasteiger partial charge in [0.05, 0.1) is 11.9 Å². The molecule has 156 valence electrons. The molecule has 7 heteroatoms. The molecule has 4 rings (SSSR count). The van der Waals surface area contributed by atoms with Crippen LogP contribution in [0.3, 0.4) is 0 Å². The molecule has 1 fully saturated rings. The summed E-state index contributed by atoms with van der Waals surface area (Å²) in [5, 5.41) is 15.2. The van der Waals surface area contributed by atoms with Gasteiger partial charge in [0, 0.05) is 5.56 Å². The molecule has 0 spiro atoms. The van der Waals surface area contributed by atoms with Gasteiger partial charge in [0.1, 0.15) is 11.8 Å². The van der Waals surface area contributed by atoms with Crippen LogP contribution in [0, 0.1) is 17.2 Å². The van der Waals surface area contributed by atoms with Crippen LogP contribution in [0.25, 0.3) is 5.57 Å². The van der Waals surface area contributed by atoms with Gasteiger partial charge in [-0.3, -0.25) is 10.3 Å². The molecule has 0 saturated carbocycles. The van der Waals surface area contributed by atoms with E-state index in [2.05, 4.69) is 45.7 Å². The van der Waals surface area contributed by atoms with E-state index in [1.54, 1.807) is 0 Å². The number of allylic oxidation sites excluding steroid dienone is 2. The van der Waals surface area contributed by atoms with Gasteiger partial charge >= 0.3 is 12.1 Å². The largest absolute Gasteiger partial charge is 0.419 e. The summed E-state index contributed by atoms with van der Waals surface area (Å²) >= 11 is 0. The van der Waals surface area contributed by atoms with Gasteiger partial charge < -0.3 is 10.1 Å². The van der Waals surface area contributed by atoms with E-state index in [0.29, 0.717) is 11.8 Å². The molecule has 1 aromatic heterocycles. The molecule has 1 aromatic carbocycles. The Labute approximate surface area is 176 Å². The first-order valence-electron chi connectivity index (χ1n) is 10.6. The van der Waals surface area contributed by atoms with Gasteiger partial charge in [-0.05, 0) is 80.3 Å². The lowest BCUT2D eigenvalue weighted by Gasteiger charge is -2.26. The fourth-order valence-electron chi connectivity index (χ4n) is 4.19. The number of benzene rings is 1. The van der Waals surface area contributed by atoms with E-state index in [-0.39, 0.29) is 11.7 Å². The lowest BCUT2D eigenvalue weighted by atomic mass is 9.84. The monoisotopic (exact) mass is 405 g/mol. The summed E-state index contributed by atoms with van der Waals surface area (Å²) in [6.45, 7) is 4.36. The molecule has 2 heterocycles. The minimum atomic E-state index is -0.630. The smallest absolute Gasteiger partial charge is 0.375 e. The molecule has 2 aliphatic rings. The quantitative estimate of drug-likeness (QED) is 0.692. The summed E-state index contributed by atoms with van der Waals surface area (Å²) in [4.78, 5) is 19.0. The Morgan fingerprint density at radius 2 is 2.13 bits per heavy atom. The third kappa shape index (κ3) is 4.71. The number of rotatable bonds is 4. The van der Waals surface area contributed by atoms with Gasteiger partial charge in [0.2, 0.25) is 0 Å². The molecule has 1 aliphatic heterocycles. The zero-order valence-corrected chi connectivity index (χ0v) is 17.2. The Bertz CT molecular complexity index is 982. The minimum Gasteiger partial charge on any atom is -0.375 e. The van der Waals surface area contributed by atoms with Crippen molar-refractivity contribution in [1.29, 1.82) is 5.26 Å². The molecule has 1 aliphatic carbocycles. The Morgan fingerprint density at radius 3 is 2.83 bits per heavy atom. The van der Waals surface area contributed by atoms with E-state index in [1.807, 2.05) is 12.1 Å². The van der Waals surface area contributed by atoms with E-state index in [0.717, 1.165) is 56.4 Å². The van der Waals surface area contributed by atoms with Crippen molar-refractivity contribution in [3.8, 4) is 12.1 Å². The summed E-state index contributed by atoms with van der Waals surface area (Å²) in [7, 11) is 0. The predicted molar refractivity (Wildman–Crippen MR) is 115 cm³/mol. The van der Waals surface area contributed by atoms with Crippen molar-refractivity contribution in [2.45, 2.75) is 44.9 Å². The molecule has 1 amide bonds. The average molecular weight is 406 g/mol. The minimum absolute atomic E-state index is 0.00244. The maximum atomic E-state index is 12.4. The molecule has 1 saturated heterocycles. The van der Waals surface area contributed by atoms with Crippen molar-refractivity contribution in [2.75, 3.05) is 18.4 Å². The molecule has 3 N–H and O–H groups in total. The first-order valence-corrected chi connectivity index (χ1v) is 10.6. The number of nitrogens with one attached hydrogen (secondary N) is 3. The topological polar surface area (TPSA) is 103 Å². The van der Waals surface area contributed by atoms with Crippen LogP contribution >= 0.6 is 0 Å². The van der Waals surface area contributed by atoms with Crippen LogP contribution in [0.4, 0.5) is 10.5 Å². The number of ether oxygens (including phenoxy) is 1. The Balaban J connectivity index is 1.57. The summed E-state index contributed by atoms with van der Waals surface area (Å²) in [5.41, 5.74) is 4.67. The number of H-pyrrole nitrogens is 1. The third-order valence-electron chi connectivity index (χ3n) is 5.97.